The van der Waals surface area contributed by atoms with E-state index in [1.807, 2.05) is 0 Å². The predicted molar refractivity (Wildman–Crippen MR) is 106 cm³/mol. The normalized spacial score (nSPS) is 16.9. The minimum Gasteiger partial charge on any atom is -0.495 e. The smallest absolute Gasteiger partial charge is 0.246 e. The molecule has 1 heterocycles. The van der Waals surface area contributed by atoms with Crippen LogP contribution in [-0.2, 0) is 16.6 Å². The standard InChI is InChI=1S/C19H22BrFN2O3S/c1-26-18-8-5-16(20)13-19(18)27(24,25)23-10-2-9-22(11-12-23)14-15-3-6-17(21)7-4-15/h3-8,13H,2,9-12,14H2,1H3. The number of methoxy groups -OCH3 is 1. The third-order valence-electron chi connectivity index (χ3n) is 4.61. The fourth-order valence-corrected chi connectivity index (χ4v) is 5.35. The van der Waals surface area contributed by atoms with Crippen LogP contribution in [0.4, 0.5) is 4.39 Å². The topological polar surface area (TPSA) is 49.9 Å². The van der Waals surface area contributed by atoms with E-state index < -0.39 is 10.0 Å². The third-order valence-corrected chi connectivity index (χ3v) is 7.02. The van der Waals surface area contributed by atoms with Gasteiger partial charge in [-0.2, -0.15) is 4.31 Å². The van der Waals surface area contributed by atoms with Crippen LogP contribution >= 0.6 is 15.9 Å². The number of nitrogens with zero attached hydrogens (tertiary/aromatic N) is 2. The van der Waals surface area contributed by atoms with E-state index in [0.717, 1.165) is 18.5 Å². The second-order valence-electron chi connectivity index (χ2n) is 6.46. The highest BCUT2D eigenvalue weighted by Gasteiger charge is 2.29. The molecule has 0 saturated carbocycles. The molecule has 0 amide bonds. The van der Waals surface area contributed by atoms with Crippen molar-refractivity contribution in [2.24, 2.45) is 0 Å². The van der Waals surface area contributed by atoms with Crippen LogP contribution in [0.15, 0.2) is 51.8 Å². The maximum Gasteiger partial charge on any atom is 0.246 e. The molecule has 1 aliphatic heterocycles. The molecule has 5 nitrogen and oxygen atoms in total. The van der Waals surface area contributed by atoms with Gasteiger partial charge in [0.2, 0.25) is 10.0 Å². The third kappa shape index (κ3) is 4.87. The Kier molecular flexibility index (Phi) is 6.52. The van der Waals surface area contributed by atoms with Crippen LogP contribution in [0.5, 0.6) is 5.75 Å². The first-order chi connectivity index (χ1) is 12.9. The van der Waals surface area contributed by atoms with Gasteiger partial charge in [-0.3, -0.25) is 4.90 Å². The minimum atomic E-state index is -3.65. The average molecular weight is 457 g/mol. The van der Waals surface area contributed by atoms with E-state index in [4.69, 9.17) is 4.74 Å². The summed E-state index contributed by atoms with van der Waals surface area (Å²) in [7, 11) is -2.18. The van der Waals surface area contributed by atoms with Crippen molar-refractivity contribution in [3.05, 3.63) is 58.3 Å². The van der Waals surface area contributed by atoms with Gasteiger partial charge in [0.1, 0.15) is 16.5 Å². The second-order valence-corrected chi connectivity index (χ2v) is 9.28. The van der Waals surface area contributed by atoms with Crippen molar-refractivity contribution < 1.29 is 17.5 Å². The summed E-state index contributed by atoms with van der Waals surface area (Å²) in [5.41, 5.74) is 1.02. The fourth-order valence-electron chi connectivity index (χ4n) is 3.18. The quantitative estimate of drug-likeness (QED) is 0.690. The zero-order chi connectivity index (χ0) is 19.4. The molecule has 8 heteroatoms. The Morgan fingerprint density at radius 3 is 2.52 bits per heavy atom. The molecule has 1 saturated heterocycles. The van der Waals surface area contributed by atoms with E-state index in [9.17, 15) is 12.8 Å². The summed E-state index contributed by atoms with van der Waals surface area (Å²) in [5.74, 6) is 0.0838. The number of hydrogen-bond donors (Lipinski definition) is 0. The molecule has 2 aromatic rings. The Morgan fingerprint density at radius 2 is 1.81 bits per heavy atom. The van der Waals surface area contributed by atoms with Crippen molar-refractivity contribution in [1.82, 2.24) is 9.21 Å². The average Bonchev–Trinajstić information content (AvgIpc) is 2.90. The molecule has 0 spiro atoms. The van der Waals surface area contributed by atoms with E-state index in [2.05, 4.69) is 20.8 Å². The van der Waals surface area contributed by atoms with E-state index in [-0.39, 0.29) is 10.7 Å². The van der Waals surface area contributed by atoms with Crippen LogP contribution in [0.3, 0.4) is 0 Å². The maximum absolute atomic E-state index is 13.1. The highest BCUT2D eigenvalue weighted by Crippen LogP contribution is 2.30. The van der Waals surface area contributed by atoms with E-state index in [0.29, 0.717) is 36.4 Å². The molecule has 0 aliphatic carbocycles. The van der Waals surface area contributed by atoms with Gasteiger partial charge in [0.15, 0.2) is 0 Å². The lowest BCUT2D eigenvalue weighted by atomic mass is 10.2. The molecule has 1 fully saturated rings. The van der Waals surface area contributed by atoms with Crippen LogP contribution in [0.25, 0.3) is 0 Å². The zero-order valence-electron chi connectivity index (χ0n) is 15.1. The molecule has 0 unspecified atom stereocenters. The molecule has 2 aromatic carbocycles. The summed E-state index contributed by atoms with van der Waals surface area (Å²) in [6.45, 7) is 2.94. The van der Waals surface area contributed by atoms with Gasteiger partial charge in [-0.15, -0.1) is 0 Å². The SMILES string of the molecule is COc1ccc(Br)cc1S(=O)(=O)N1CCCN(Cc2ccc(F)cc2)CC1. The van der Waals surface area contributed by atoms with Gasteiger partial charge in [-0.1, -0.05) is 28.1 Å². The summed E-state index contributed by atoms with van der Waals surface area (Å²) in [5, 5.41) is 0. The molecule has 0 bridgehead atoms. The highest BCUT2D eigenvalue weighted by atomic mass is 79.9. The van der Waals surface area contributed by atoms with Crippen molar-refractivity contribution in [3.8, 4) is 5.75 Å². The number of benzene rings is 2. The van der Waals surface area contributed by atoms with Gasteiger partial charge in [0.05, 0.1) is 7.11 Å². The fraction of sp³-hybridized carbons (Fsp3) is 0.368. The number of rotatable bonds is 5. The van der Waals surface area contributed by atoms with Crippen molar-refractivity contribution >= 4 is 26.0 Å². The molecular formula is C19H22BrFN2O3S. The number of hydrogen-bond acceptors (Lipinski definition) is 4. The lowest BCUT2D eigenvalue weighted by molar-refractivity contribution is 0.278. The van der Waals surface area contributed by atoms with Crippen molar-refractivity contribution in [3.63, 3.8) is 0 Å². The van der Waals surface area contributed by atoms with Crippen LogP contribution < -0.4 is 4.74 Å². The summed E-state index contributed by atoms with van der Waals surface area (Å²) in [6.07, 6.45) is 0.733. The van der Waals surface area contributed by atoms with Gasteiger partial charge < -0.3 is 4.74 Å². The molecule has 3 rings (SSSR count). The van der Waals surface area contributed by atoms with Gasteiger partial charge in [0, 0.05) is 30.7 Å². The first-order valence-corrected chi connectivity index (χ1v) is 10.9. The van der Waals surface area contributed by atoms with Crippen molar-refractivity contribution in [2.75, 3.05) is 33.3 Å². The monoisotopic (exact) mass is 456 g/mol. The first kappa shape index (κ1) is 20.3. The van der Waals surface area contributed by atoms with E-state index in [1.54, 1.807) is 30.3 Å². The Bertz CT molecular complexity index is 890. The molecule has 0 radical (unpaired) electrons. The summed E-state index contributed by atoms with van der Waals surface area (Å²) in [4.78, 5) is 2.37. The molecule has 0 N–H and O–H groups in total. The number of halogens is 2. The molecule has 146 valence electrons. The summed E-state index contributed by atoms with van der Waals surface area (Å²) >= 11 is 3.34. The highest BCUT2D eigenvalue weighted by molar-refractivity contribution is 9.10. The summed E-state index contributed by atoms with van der Waals surface area (Å²) < 4.78 is 46.8. The van der Waals surface area contributed by atoms with Crippen LogP contribution in [0, 0.1) is 5.82 Å². The van der Waals surface area contributed by atoms with Gasteiger partial charge in [-0.25, -0.2) is 12.8 Å². The Hall–Kier alpha value is -1.48. The Balaban J connectivity index is 1.73. The zero-order valence-corrected chi connectivity index (χ0v) is 17.5. The van der Waals surface area contributed by atoms with Crippen LogP contribution in [0.2, 0.25) is 0 Å². The minimum absolute atomic E-state index is 0.173. The number of sulfonamides is 1. The molecule has 1 aliphatic rings. The van der Waals surface area contributed by atoms with Gasteiger partial charge >= 0.3 is 0 Å². The largest absolute Gasteiger partial charge is 0.495 e. The summed E-state index contributed by atoms with van der Waals surface area (Å²) in [6, 6.07) is 11.4. The molecule has 0 aromatic heterocycles. The molecular weight excluding hydrogens is 435 g/mol. The van der Waals surface area contributed by atoms with Gasteiger partial charge in [-0.05, 0) is 48.9 Å². The van der Waals surface area contributed by atoms with Gasteiger partial charge in [0.25, 0.3) is 0 Å². The Morgan fingerprint density at radius 1 is 1.07 bits per heavy atom. The predicted octanol–water partition coefficient (Wildman–Crippen LogP) is 3.49. The first-order valence-electron chi connectivity index (χ1n) is 8.70. The second kappa shape index (κ2) is 8.68. The maximum atomic E-state index is 13.1. The molecule has 27 heavy (non-hydrogen) atoms. The Labute approximate surface area is 167 Å². The van der Waals surface area contributed by atoms with Crippen LogP contribution in [0.1, 0.15) is 12.0 Å². The van der Waals surface area contributed by atoms with Crippen molar-refractivity contribution in [2.45, 2.75) is 17.9 Å². The van der Waals surface area contributed by atoms with E-state index in [1.165, 1.54) is 23.5 Å². The van der Waals surface area contributed by atoms with E-state index >= 15 is 0 Å². The van der Waals surface area contributed by atoms with Crippen molar-refractivity contribution in [1.29, 1.82) is 0 Å². The lowest BCUT2D eigenvalue weighted by Crippen LogP contribution is -2.35. The molecule has 0 atom stereocenters. The number of ether oxygens (including phenoxy) is 1. The van der Waals surface area contributed by atoms with Crippen LogP contribution in [-0.4, -0.2) is 50.9 Å². The lowest BCUT2D eigenvalue weighted by Gasteiger charge is -2.22.